The lowest BCUT2D eigenvalue weighted by atomic mass is 10.1. The van der Waals surface area contributed by atoms with Crippen molar-refractivity contribution in [1.29, 1.82) is 0 Å². The molecule has 0 saturated carbocycles. The molecule has 1 amide bonds. The predicted molar refractivity (Wildman–Crippen MR) is 126 cm³/mol. The van der Waals surface area contributed by atoms with Gasteiger partial charge >= 0.3 is 0 Å². The van der Waals surface area contributed by atoms with Crippen LogP contribution in [0, 0.1) is 0 Å². The molecule has 0 aliphatic carbocycles. The van der Waals surface area contributed by atoms with Crippen LogP contribution >= 0.6 is 0 Å². The highest BCUT2D eigenvalue weighted by Crippen LogP contribution is 2.40. The maximum Gasteiger partial charge on any atom is 0.244 e. The van der Waals surface area contributed by atoms with Crippen LogP contribution in [-0.2, 0) is 16.0 Å². The summed E-state index contributed by atoms with van der Waals surface area (Å²) in [6.45, 7) is 3.46. The van der Waals surface area contributed by atoms with E-state index in [9.17, 15) is 9.59 Å². The van der Waals surface area contributed by atoms with Gasteiger partial charge in [0.25, 0.3) is 0 Å². The fourth-order valence-electron chi connectivity index (χ4n) is 3.95. The van der Waals surface area contributed by atoms with Gasteiger partial charge in [-0.3, -0.25) is 14.5 Å². The first-order chi connectivity index (χ1) is 15.6. The Balaban J connectivity index is 1.57. The molecular formula is C26H26N4O2. The zero-order chi connectivity index (χ0) is 22.5. The number of carbonyl (C=O) groups excluding carboxylic acids is 2. The third-order valence-electron chi connectivity index (χ3n) is 5.63. The fourth-order valence-corrected chi connectivity index (χ4v) is 3.95. The lowest BCUT2D eigenvalue weighted by Crippen LogP contribution is -2.44. The van der Waals surface area contributed by atoms with Gasteiger partial charge in [-0.15, -0.1) is 0 Å². The molecule has 0 unspecified atom stereocenters. The molecule has 4 rings (SSSR count). The Morgan fingerprint density at radius 1 is 1.16 bits per heavy atom. The Morgan fingerprint density at radius 3 is 2.69 bits per heavy atom. The van der Waals surface area contributed by atoms with Crippen LogP contribution in [0.1, 0.15) is 30.3 Å². The third kappa shape index (κ3) is 4.45. The van der Waals surface area contributed by atoms with Gasteiger partial charge in [-0.25, -0.2) is 4.98 Å². The quantitative estimate of drug-likeness (QED) is 0.419. The number of nitrogens with zero attached hydrogens (tertiary/aromatic N) is 2. The number of ketones is 1. The second-order valence-corrected chi connectivity index (χ2v) is 7.79. The number of para-hydroxylation sites is 1. The maximum absolute atomic E-state index is 13.4. The number of rotatable bonds is 8. The molecule has 162 valence electrons. The summed E-state index contributed by atoms with van der Waals surface area (Å²) in [7, 11) is 0. The molecule has 2 heterocycles. The van der Waals surface area contributed by atoms with Gasteiger partial charge in [0.05, 0.1) is 24.0 Å². The summed E-state index contributed by atoms with van der Waals surface area (Å²) >= 11 is 0. The average molecular weight is 427 g/mol. The molecule has 0 radical (unpaired) electrons. The zero-order valence-corrected chi connectivity index (χ0v) is 17.8. The Bertz CT molecular complexity index is 1150. The molecule has 32 heavy (non-hydrogen) atoms. The standard InChI is InChI=1S/C26H26N4O2/c1-2-20(31)13-7-8-14-21(27)26(32)30-23-15-9-6-12-19(23)16-24(30)25-28-17-22(29-25)18-10-4-3-5-11-18/h2-12,15,17,21,24H,1,13-14,16,27H2,(H,28,29)/t21-,24-/m0/s1. The normalized spacial score (nSPS) is 16.2. The molecule has 0 bridgehead atoms. The number of nitrogens with one attached hydrogen (secondary N) is 1. The maximum atomic E-state index is 13.4. The predicted octanol–water partition coefficient (Wildman–Crippen LogP) is 4.13. The molecule has 2 aromatic carbocycles. The van der Waals surface area contributed by atoms with Crippen LogP contribution < -0.4 is 10.6 Å². The first kappa shape index (κ1) is 21.5. The molecule has 1 aliphatic heterocycles. The number of amides is 1. The number of allylic oxidation sites excluding steroid dienone is 2. The molecule has 6 heteroatoms. The number of anilines is 1. The summed E-state index contributed by atoms with van der Waals surface area (Å²) in [5.41, 5.74) is 10.2. The van der Waals surface area contributed by atoms with Crippen LogP contribution in [0.5, 0.6) is 0 Å². The van der Waals surface area contributed by atoms with E-state index in [0.29, 0.717) is 12.8 Å². The Hall–Kier alpha value is -3.77. The van der Waals surface area contributed by atoms with Gasteiger partial charge in [0, 0.05) is 18.5 Å². The molecule has 0 spiro atoms. The van der Waals surface area contributed by atoms with Crippen LogP contribution in [0.3, 0.4) is 0 Å². The molecule has 3 N–H and O–H groups in total. The van der Waals surface area contributed by atoms with Gasteiger partial charge in [0.1, 0.15) is 5.82 Å². The molecule has 0 fully saturated rings. The molecule has 0 saturated heterocycles. The number of hydrogen-bond donors (Lipinski definition) is 2. The minimum atomic E-state index is -0.720. The lowest BCUT2D eigenvalue weighted by Gasteiger charge is -2.27. The van der Waals surface area contributed by atoms with Crippen molar-refractivity contribution in [3.05, 3.63) is 97.0 Å². The number of carbonyl (C=O) groups is 2. The third-order valence-corrected chi connectivity index (χ3v) is 5.63. The van der Waals surface area contributed by atoms with E-state index in [0.717, 1.165) is 28.3 Å². The van der Waals surface area contributed by atoms with Crippen molar-refractivity contribution in [1.82, 2.24) is 9.97 Å². The number of H-pyrrole nitrogens is 1. The summed E-state index contributed by atoms with van der Waals surface area (Å²) in [6, 6.07) is 16.9. The molecule has 6 nitrogen and oxygen atoms in total. The van der Waals surface area contributed by atoms with Crippen LogP contribution in [-0.4, -0.2) is 27.7 Å². The minimum absolute atomic E-state index is 0.0679. The van der Waals surface area contributed by atoms with Gasteiger partial charge in [-0.2, -0.15) is 0 Å². The van der Waals surface area contributed by atoms with Crippen LogP contribution in [0.4, 0.5) is 5.69 Å². The molecular weight excluding hydrogens is 400 g/mol. The Labute approximate surface area is 187 Å². The van der Waals surface area contributed by atoms with Crippen molar-refractivity contribution in [2.45, 2.75) is 31.3 Å². The monoisotopic (exact) mass is 426 g/mol. The first-order valence-corrected chi connectivity index (χ1v) is 10.7. The molecule has 3 aromatic rings. The fraction of sp³-hybridized carbons (Fsp3) is 0.192. The van der Waals surface area contributed by atoms with E-state index in [-0.39, 0.29) is 24.2 Å². The van der Waals surface area contributed by atoms with Gasteiger partial charge in [0.15, 0.2) is 5.78 Å². The van der Waals surface area contributed by atoms with Crippen molar-refractivity contribution in [2.24, 2.45) is 5.73 Å². The van der Waals surface area contributed by atoms with Crippen LogP contribution in [0.15, 0.2) is 85.6 Å². The number of aromatic nitrogens is 2. The summed E-state index contributed by atoms with van der Waals surface area (Å²) in [5.74, 6) is 0.492. The van der Waals surface area contributed by atoms with Crippen molar-refractivity contribution in [2.75, 3.05) is 4.90 Å². The number of nitrogens with two attached hydrogens (primary N) is 1. The van der Waals surface area contributed by atoms with E-state index in [1.807, 2.05) is 54.6 Å². The highest BCUT2D eigenvalue weighted by atomic mass is 16.2. The number of benzene rings is 2. The van der Waals surface area contributed by atoms with E-state index < -0.39 is 6.04 Å². The van der Waals surface area contributed by atoms with E-state index in [2.05, 4.69) is 16.5 Å². The SMILES string of the molecule is C=CC(=O)CC=CC[C@H](N)C(=O)N1c2ccccc2C[C@H]1c1ncc(-c2ccccc2)[nH]1. The molecule has 2 atom stereocenters. The lowest BCUT2D eigenvalue weighted by molar-refractivity contribution is -0.120. The van der Waals surface area contributed by atoms with Gasteiger partial charge in [-0.05, 0) is 29.7 Å². The van der Waals surface area contributed by atoms with E-state index in [1.54, 1.807) is 23.2 Å². The summed E-state index contributed by atoms with van der Waals surface area (Å²) in [4.78, 5) is 34.5. The summed E-state index contributed by atoms with van der Waals surface area (Å²) in [6.07, 6.45) is 7.87. The van der Waals surface area contributed by atoms with Gasteiger partial charge in [0.2, 0.25) is 5.91 Å². The Morgan fingerprint density at radius 2 is 1.91 bits per heavy atom. The van der Waals surface area contributed by atoms with Gasteiger partial charge in [-0.1, -0.05) is 67.3 Å². The molecule has 1 aromatic heterocycles. The van der Waals surface area contributed by atoms with Crippen molar-refractivity contribution < 1.29 is 9.59 Å². The van der Waals surface area contributed by atoms with Crippen molar-refractivity contribution in [3.63, 3.8) is 0 Å². The number of aromatic amines is 1. The molecule has 1 aliphatic rings. The smallest absolute Gasteiger partial charge is 0.244 e. The van der Waals surface area contributed by atoms with Crippen LogP contribution in [0.25, 0.3) is 11.3 Å². The van der Waals surface area contributed by atoms with E-state index >= 15 is 0 Å². The van der Waals surface area contributed by atoms with Crippen LogP contribution in [0.2, 0.25) is 0 Å². The second-order valence-electron chi connectivity index (χ2n) is 7.79. The summed E-state index contributed by atoms with van der Waals surface area (Å²) in [5, 5.41) is 0. The van der Waals surface area contributed by atoms with Crippen molar-refractivity contribution >= 4 is 17.4 Å². The van der Waals surface area contributed by atoms with E-state index in [1.165, 1.54) is 6.08 Å². The minimum Gasteiger partial charge on any atom is -0.340 e. The average Bonchev–Trinajstić information content (AvgIpc) is 3.46. The number of fused-ring (bicyclic) bond motifs is 1. The topological polar surface area (TPSA) is 92.1 Å². The zero-order valence-electron chi connectivity index (χ0n) is 17.8. The first-order valence-electron chi connectivity index (χ1n) is 10.7. The number of imidazole rings is 1. The Kier molecular flexibility index (Phi) is 6.42. The second kappa shape index (κ2) is 9.58. The van der Waals surface area contributed by atoms with Gasteiger partial charge < -0.3 is 10.7 Å². The number of hydrogen-bond acceptors (Lipinski definition) is 4. The highest BCUT2D eigenvalue weighted by Gasteiger charge is 2.38. The largest absolute Gasteiger partial charge is 0.340 e. The van der Waals surface area contributed by atoms with Crippen molar-refractivity contribution in [3.8, 4) is 11.3 Å². The highest BCUT2D eigenvalue weighted by molar-refractivity contribution is 5.99. The van der Waals surface area contributed by atoms with E-state index in [4.69, 9.17) is 5.73 Å². The summed E-state index contributed by atoms with van der Waals surface area (Å²) < 4.78 is 0.